The van der Waals surface area contributed by atoms with Gasteiger partial charge in [0.2, 0.25) is 5.91 Å². The zero-order chi connectivity index (χ0) is 18.9. The summed E-state index contributed by atoms with van der Waals surface area (Å²) in [6.07, 6.45) is 9.40. The fraction of sp³-hybridized carbons (Fsp3) is 0.833. The Labute approximate surface area is 151 Å². The van der Waals surface area contributed by atoms with Gasteiger partial charge in [-0.05, 0) is 25.8 Å². The molecule has 0 heterocycles. The molecular formula is C18H34N2O5. The first-order chi connectivity index (χ1) is 12.0. The molecule has 0 aliphatic rings. The molecule has 7 heteroatoms. The van der Waals surface area contributed by atoms with Gasteiger partial charge in [0, 0.05) is 12.8 Å². The number of amides is 1. The largest absolute Gasteiger partial charge is 0.469 e. The van der Waals surface area contributed by atoms with Crippen LogP contribution in [0, 0.1) is 0 Å². The van der Waals surface area contributed by atoms with Crippen molar-refractivity contribution in [3.8, 4) is 0 Å². The topological polar surface area (TPSA) is 108 Å². The Morgan fingerprint density at radius 1 is 0.840 bits per heavy atom. The molecule has 25 heavy (non-hydrogen) atoms. The second-order valence-corrected chi connectivity index (χ2v) is 6.13. The van der Waals surface area contributed by atoms with Gasteiger partial charge in [0.05, 0.1) is 14.2 Å². The number of hydrogen-bond donors (Lipinski definition) is 2. The zero-order valence-corrected chi connectivity index (χ0v) is 15.7. The Morgan fingerprint density at radius 2 is 1.40 bits per heavy atom. The van der Waals surface area contributed by atoms with Crippen molar-refractivity contribution in [2.24, 2.45) is 5.73 Å². The molecule has 146 valence electrons. The molecule has 0 unspecified atom stereocenters. The standard InChI is InChI=1S/C18H34N2O5/c1-24-17(22)13-12-15(18(23)25-2)20-16(21)11-9-7-5-3-4-6-8-10-14-19/h15H,3-14,19H2,1-2H3,(H,20,21)/t15-/m0/s1. The lowest BCUT2D eigenvalue weighted by Gasteiger charge is -2.16. The summed E-state index contributed by atoms with van der Waals surface area (Å²) < 4.78 is 9.21. The number of methoxy groups -OCH3 is 2. The number of rotatable bonds is 15. The SMILES string of the molecule is COC(=O)CC[C@H](NC(=O)CCCCCCCCCCN)C(=O)OC. The number of ether oxygens (including phenoxy) is 2. The monoisotopic (exact) mass is 358 g/mol. The normalized spacial score (nSPS) is 11.6. The average Bonchev–Trinajstić information content (AvgIpc) is 2.62. The minimum atomic E-state index is -0.806. The van der Waals surface area contributed by atoms with E-state index in [1.165, 1.54) is 39.9 Å². The Bertz CT molecular complexity index is 388. The molecule has 3 N–H and O–H groups in total. The molecule has 0 saturated carbocycles. The van der Waals surface area contributed by atoms with Crippen molar-refractivity contribution < 1.29 is 23.9 Å². The molecule has 1 amide bonds. The third kappa shape index (κ3) is 13.3. The van der Waals surface area contributed by atoms with Crippen molar-refractivity contribution in [1.29, 1.82) is 0 Å². The molecule has 0 aromatic carbocycles. The molecule has 0 saturated heterocycles. The molecule has 0 rings (SSSR count). The second-order valence-electron chi connectivity index (χ2n) is 6.13. The summed E-state index contributed by atoms with van der Waals surface area (Å²) in [5.41, 5.74) is 5.45. The Hall–Kier alpha value is -1.63. The van der Waals surface area contributed by atoms with Gasteiger partial charge >= 0.3 is 11.9 Å². The smallest absolute Gasteiger partial charge is 0.328 e. The van der Waals surface area contributed by atoms with E-state index in [9.17, 15) is 14.4 Å². The van der Waals surface area contributed by atoms with Crippen LogP contribution < -0.4 is 11.1 Å². The van der Waals surface area contributed by atoms with Crippen LogP contribution in [0.4, 0.5) is 0 Å². The second kappa shape index (κ2) is 15.9. The lowest BCUT2D eigenvalue weighted by atomic mass is 10.1. The van der Waals surface area contributed by atoms with E-state index in [0.717, 1.165) is 32.2 Å². The van der Waals surface area contributed by atoms with Crippen molar-refractivity contribution in [1.82, 2.24) is 5.32 Å². The molecule has 0 spiro atoms. The first-order valence-electron chi connectivity index (χ1n) is 9.19. The molecule has 0 aliphatic heterocycles. The maximum absolute atomic E-state index is 11.9. The lowest BCUT2D eigenvalue weighted by molar-refractivity contribution is -0.146. The predicted octanol–water partition coefficient (Wildman–Crippen LogP) is 2.07. The van der Waals surface area contributed by atoms with E-state index in [0.29, 0.717) is 6.42 Å². The minimum absolute atomic E-state index is 0.0563. The lowest BCUT2D eigenvalue weighted by Crippen LogP contribution is -2.41. The summed E-state index contributed by atoms with van der Waals surface area (Å²) >= 11 is 0. The van der Waals surface area contributed by atoms with Crippen LogP contribution in [0.15, 0.2) is 0 Å². The first-order valence-corrected chi connectivity index (χ1v) is 9.19. The Morgan fingerprint density at radius 3 is 1.92 bits per heavy atom. The van der Waals surface area contributed by atoms with Gasteiger partial charge in [-0.3, -0.25) is 9.59 Å². The number of carbonyl (C=O) groups is 3. The van der Waals surface area contributed by atoms with E-state index in [1.54, 1.807) is 0 Å². The van der Waals surface area contributed by atoms with Crippen LogP contribution in [0.25, 0.3) is 0 Å². The van der Waals surface area contributed by atoms with Gasteiger partial charge in [0.25, 0.3) is 0 Å². The number of hydrogen-bond acceptors (Lipinski definition) is 6. The van der Waals surface area contributed by atoms with Crippen molar-refractivity contribution >= 4 is 17.8 Å². The summed E-state index contributed by atoms with van der Waals surface area (Å²) in [7, 11) is 2.54. The van der Waals surface area contributed by atoms with Gasteiger partial charge in [0.1, 0.15) is 6.04 Å². The quantitative estimate of drug-likeness (QED) is 0.343. The van der Waals surface area contributed by atoms with E-state index < -0.39 is 18.0 Å². The Kier molecular flexibility index (Phi) is 14.8. The van der Waals surface area contributed by atoms with E-state index in [2.05, 4.69) is 14.8 Å². The molecule has 0 bridgehead atoms. The van der Waals surface area contributed by atoms with E-state index in [-0.39, 0.29) is 18.7 Å². The third-order valence-electron chi connectivity index (χ3n) is 4.04. The highest BCUT2D eigenvalue weighted by Gasteiger charge is 2.22. The van der Waals surface area contributed by atoms with E-state index in [1.807, 2.05) is 0 Å². The summed E-state index contributed by atoms with van der Waals surface area (Å²) in [4.78, 5) is 34.8. The van der Waals surface area contributed by atoms with Crippen LogP contribution in [0.2, 0.25) is 0 Å². The maximum Gasteiger partial charge on any atom is 0.328 e. The number of nitrogens with two attached hydrogens (primary N) is 1. The van der Waals surface area contributed by atoms with Gasteiger partial charge in [-0.25, -0.2) is 4.79 Å². The zero-order valence-electron chi connectivity index (χ0n) is 15.7. The van der Waals surface area contributed by atoms with Gasteiger partial charge in [-0.2, -0.15) is 0 Å². The molecule has 0 radical (unpaired) electrons. The summed E-state index contributed by atoms with van der Waals surface area (Å²) in [5, 5.41) is 2.64. The third-order valence-corrected chi connectivity index (χ3v) is 4.04. The molecule has 1 atom stereocenters. The molecule has 0 aliphatic carbocycles. The van der Waals surface area contributed by atoms with Crippen molar-refractivity contribution in [2.75, 3.05) is 20.8 Å². The molecular weight excluding hydrogens is 324 g/mol. The van der Waals surface area contributed by atoms with E-state index in [4.69, 9.17) is 5.73 Å². The predicted molar refractivity (Wildman–Crippen MR) is 95.8 cm³/mol. The van der Waals surface area contributed by atoms with Gasteiger partial charge < -0.3 is 20.5 Å². The summed E-state index contributed by atoms with van der Waals surface area (Å²) in [6, 6.07) is -0.806. The number of unbranched alkanes of at least 4 members (excludes halogenated alkanes) is 7. The summed E-state index contributed by atoms with van der Waals surface area (Å²) in [6.45, 7) is 0.765. The van der Waals surface area contributed by atoms with Crippen molar-refractivity contribution in [3.63, 3.8) is 0 Å². The number of esters is 2. The van der Waals surface area contributed by atoms with Crippen molar-refractivity contribution in [3.05, 3.63) is 0 Å². The van der Waals surface area contributed by atoms with Crippen LogP contribution in [-0.4, -0.2) is 44.7 Å². The van der Waals surface area contributed by atoms with Gasteiger partial charge in [-0.15, -0.1) is 0 Å². The van der Waals surface area contributed by atoms with Crippen LogP contribution in [0.3, 0.4) is 0 Å². The van der Waals surface area contributed by atoms with Gasteiger partial charge in [0.15, 0.2) is 0 Å². The highest BCUT2D eigenvalue weighted by Crippen LogP contribution is 2.10. The fourth-order valence-corrected chi connectivity index (χ4v) is 2.51. The molecule has 7 nitrogen and oxygen atoms in total. The summed E-state index contributed by atoms with van der Waals surface area (Å²) in [5.74, 6) is -1.16. The number of carbonyl (C=O) groups excluding carboxylic acids is 3. The van der Waals surface area contributed by atoms with E-state index >= 15 is 0 Å². The van der Waals surface area contributed by atoms with Crippen LogP contribution >= 0.6 is 0 Å². The van der Waals surface area contributed by atoms with Crippen LogP contribution in [0.1, 0.15) is 70.6 Å². The van der Waals surface area contributed by atoms with Crippen molar-refractivity contribution in [2.45, 2.75) is 76.7 Å². The minimum Gasteiger partial charge on any atom is -0.469 e. The highest BCUT2D eigenvalue weighted by molar-refractivity contribution is 5.84. The van der Waals surface area contributed by atoms with Crippen LogP contribution in [-0.2, 0) is 23.9 Å². The highest BCUT2D eigenvalue weighted by atomic mass is 16.5. The van der Waals surface area contributed by atoms with Crippen LogP contribution in [0.5, 0.6) is 0 Å². The molecule has 0 aromatic rings. The van der Waals surface area contributed by atoms with Gasteiger partial charge in [-0.1, -0.05) is 38.5 Å². The fourth-order valence-electron chi connectivity index (χ4n) is 2.51. The molecule has 0 aromatic heterocycles. The number of nitrogens with one attached hydrogen (secondary N) is 1. The first kappa shape index (κ1) is 23.4. The average molecular weight is 358 g/mol. The maximum atomic E-state index is 11.9. The molecule has 0 fully saturated rings. The Balaban J connectivity index is 3.87.